The lowest BCUT2D eigenvalue weighted by Crippen LogP contribution is -1.97. The van der Waals surface area contributed by atoms with Crippen LogP contribution in [-0.4, -0.2) is 0 Å². The van der Waals surface area contributed by atoms with Crippen molar-refractivity contribution in [1.29, 1.82) is 0 Å². The Balaban J connectivity index is 2.59. The van der Waals surface area contributed by atoms with Crippen LogP contribution >= 0.6 is 11.3 Å². The highest BCUT2D eigenvalue weighted by molar-refractivity contribution is 7.13. The summed E-state index contributed by atoms with van der Waals surface area (Å²) in [5.74, 6) is 0.649. The fourth-order valence-corrected chi connectivity index (χ4v) is 1.91. The van der Waals surface area contributed by atoms with Crippen LogP contribution in [0.1, 0.15) is 5.76 Å². The Morgan fingerprint density at radius 1 is 1.38 bits per heavy atom. The molecule has 0 aliphatic heterocycles. The molecule has 0 spiro atoms. The van der Waals surface area contributed by atoms with Crippen molar-refractivity contribution >= 4 is 11.3 Å². The van der Waals surface area contributed by atoms with Crippen molar-refractivity contribution in [2.45, 2.75) is 6.92 Å². The maximum absolute atomic E-state index is 11.0. The predicted octanol–water partition coefficient (Wildman–Crippen LogP) is 2.68. The Bertz CT molecular complexity index is 454. The quantitative estimate of drug-likeness (QED) is 0.695. The normalized spacial score (nSPS) is 10.2. The summed E-state index contributed by atoms with van der Waals surface area (Å²) in [6.45, 7) is 1.78. The summed E-state index contributed by atoms with van der Waals surface area (Å²) in [6, 6.07) is 7.33. The number of hydrogen-bond donors (Lipinski definition) is 0. The van der Waals surface area contributed by atoms with Crippen LogP contribution in [0.2, 0.25) is 0 Å². The monoisotopic (exact) mass is 192 g/mol. The van der Waals surface area contributed by atoms with Gasteiger partial charge in [0.25, 0.3) is 0 Å². The van der Waals surface area contributed by atoms with Gasteiger partial charge in [0.2, 0.25) is 0 Å². The second kappa shape index (κ2) is 3.18. The first-order valence-electron chi connectivity index (χ1n) is 3.91. The molecule has 2 heterocycles. The first-order valence-corrected chi connectivity index (χ1v) is 4.79. The summed E-state index contributed by atoms with van der Waals surface area (Å²) in [7, 11) is 0. The smallest absolute Gasteiger partial charge is 0.336 e. The molecule has 2 aromatic heterocycles. The van der Waals surface area contributed by atoms with E-state index in [1.807, 2.05) is 23.6 Å². The second-order valence-corrected chi connectivity index (χ2v) is 3.70. The molecule has 2 nitrogen and oxygen atoms in total. The summed E-state index contributed by atoms with van der Waals surface area (Å²) in [4.78, 5) is 12.1. The third-order valence-electron chi connectivity index (χ3n) is 1.70. The molecule has 0 radical (unpaired) electrons. The number of aryl methyl sites for hydroxylation is 1. The first-order chi connectivity index (χ1) is 6.25. The molecule has 0 saturated heterocycles. The van der Waals surface area contributed by atoms with Crippen LogP contribution in [0.25, 0.3) is 10.4 Å². The number of thiophene rings is 1. The molecule has 0 atom stereocenters. The molecule has 0 aliphatic carbocycles. The molecule has 13 heavy (non-hydrogen) atoms. The zero-order valence-electron chi connectivity index (χ0n) is 7.11. The number of hydrogen-bond acceptors (Lipinski definition) is 3. The molecule has 0 N–H and O–H groups in total. The van der Waals surface area contributed by atoms with Gasteiger partial charge in [-0.15, -0.1) is 11.3 Å². The summed E-state index contributed by atoms with van der Waals surface area (Å²) in [5.41, 5.74) is 0.646. The van der Waals surface area contributed by atoms with Crippen molar-refractivity contribution in [3.8, 4) is 10.4 Å². The maximum Gasteiger partial charge on any atom is 0.336 e. The van der Waals surface area contributed by atoms with Gasteiger partial charge in [0, 0.05) is 16.5 Å². The largest absolute Gasteiger partial charge is 0.428 e. The second-order valence-electron chi connectivity index (χ2n) is 2.75. The Labute approximate surface area is 79.5 Å². The highest BCUT2D eigenvalue weighted by Gasteiger charge is 2.01. The van der Waals surface area contributed by atoms with E-state index in [0.717, 1.165) is 10.4 Å². The van der Waals surface area contributed by atoms with Gasteiger partial charge in [-0.1, -0.05) is 6.07 Å². The van der Waals surface area contributed by atoms with E-state index in [-0.39, 0.29) is 5.63 Å². The first kappa shape index (κ1) is 8.26. The van der Waals surface area contributed by atoms with Crippen molar-refractivity contribution in [1.82, 2.24) is 0 Å². The summed E-state index contributed by atoms with van der Waals surface area (Å²) >= 11 is 1.61. The summed E-state index contributed by atoms with van der Waals surface area (Å²) < 4.78 is 4.86. The van der Waals surface area contributed by atoms with Crippen LogP contribution in [0, 0.1) is 6.92 Å². The van der Waals surface area contributed by atoms with E-state index in [0.29, 0.717) is 5.76 Å². The van der Waals surface area contributed by atoms with Crippen molar-refractivity contribution in [2.75, 3.05) is 0 Å². The van der Waals surface area contributed by atoms with Gasteiger partial charge in [-0.2, -0.15) is 0 Å². The van der Waals surface area contributed by atoms with E-state index in [2.05, 4.69) is 0 Å². The standard InChI is InChI=1S/C10H8O2S/c1-7-5-8(6-10(11)12-7)9-3-2-4-13-9/h2-6H,1H3. The Morgan fingerprint density at radius 2 is 2.23 bits per heavy atom. The van der Waals surface area contributed by atoms with Crippen molar-refractivity contribution in [2.24, 2.45) is 0 Å². The van der Waals surface area contributed by atoms with Gasteiger partial charge in [-0.05, 0) is 24.4 Å². The molecule has 0 fully saturated rings. The van der Waals surface area contributed by atoms with Crippen molar-refractivity contribution < 1.29 is 4.42 Å². The molecule has 0 unspecified atom stereocenters. The molecule has 3 heteroatoms. The van der Waals surface area contributed by atoms with E-state index in [1.165, 1.54) is 6.07 Å². The molecule has 66 valence electrons. The van der Waals surface area contributed by atoms with E-state index < -0.39 is 0 Å². The molecule has 0 bridgehead atoms. The lowest BCUT2D eigenvalue weighted by Gasteiger charge is -1.96. The van der Waals surface area contributed by atoms with Crippen LogP contribution in [0.3, 0.4) is 0 Å². The summed E-state index contributed by atoms with van der Waals surface area (Å²) in [6.07, 6.45) is 0. The minimum Gasteiger partial charge on any atom is -0.428 e. The van der Waals surface area contributed by atoms with E-state index in [1.54, 1.807) is 18.3 Å². The minimum absolute atomic E-state index is 0.289. The van der Waals surface area contributed by atoms with Gasteiger partial charge in [0.05, 0.1) is 0 Å². The van der Waals surface area contributed by atoms with Crippen LogP contribution in [0.5, 0.6) is 0 Å². The van der Waals surface area contributed by atoms with Crippen LogP contribution < -0.4 is 5.63 Å². The average Bonchev–Trinajstić information content (AvgIpc) is 2.53. The van der Waals surface area contributed by atoms with E-state index in [9.17, 15) is 4.79 Å². The van der Waals surface area contributed by atoms with Crippen LogP contribution in [-0.2, 0) is 0 Å². The van der Waals surface area contributed by atoms with Crippen LogP contribution in [0.4, 0.5) is 0 Å². The zero-order chi connectivity index (χ0) is 9.26. The summed E-state index contributed by atoms with van der Waals surface area (Å²) in [5, 5.41) is 1.99. The van der Waals surface area contributed by atoms with Crippen molar-refractivity contribution in [3.05, 3.63) is 45.8 Å². The molecular formula is C10H8O2S. The SMILES string of the molecule is Cc1cc(-c2cccs2)cc(=O)o1. The van der Waals surface area contributed by atoms with E-state index >= 15 is 0 Å². The lowest BCUT2D eigenvalue weighted by molar-refractivity contribution is 0.481. The molecule has 2 rings (SSSR count). The maximum atomic E-state index is 11.0. The third kappa shape index (κ3) is 1.70. The highest BCUT2D eigenvalue weighted by atomic mass is 32.1. The minimum atomic E-state index is -0.289. The van der Waals surface area contributed by atoms with Gasteiger partial charge >= 0.3 is 5.63 Å². The Hall–Kier alpha value is -1.35. The van der Waals surface area contributed by atoms with Gasteiger partial charge in [-0.3, -0.25) is 0 Å². The average molecular weight is 192 g/mol. The zero-order valence-corrected chi connectivity index (χ0v) is 7.93. The molecule has 0 amide bonds. The van der Waals surface area contributed by atoms with Gasteiger partial charge in [0.15, 0.2) is 0 Å². The van der Waals surface area contributed by atoms with Gasteiger partial charge in [-0.25, -0.2) is 4.79 Å². The molecule has 0 saturated carbocycles. The fraction of sp³-hybridized carbons (Fsp3) is 0.100. The fourth-order valence-electron chi connectivity index (χ4n) is 1.19. The lowest BCUT2D eigenvalue weighted by atomic mass is 10.2. The Kier molecular flexibility index (Phi) is 2.02. The molecule has 2 aromatic rings. The van der Waals surface area contributed by atoms with Crippen LogP contribution in [0.15, 0.2) is 38.9 Å². The highest BCUT2D eigenvalue weighted by Crippen LogP contribution is 2.23. The topological polar surface area (TPSA) is 30.2 Å². The molecular weight excluding hydrogens is 184 g/mol. The predicted molar refractivity (Wildman–Crippen MR) is 53.0 cm³/mol. The Morgan fingerprint density at radius 3 is 2.85 bits per heavy atom. The third-order valence-corrected chi connectivity index (χ3v) is 2.62. The molecule has 0 aromatic carbocycles. The van der Waals surface area contributed by atoms with Gasteiger partial charge < -0.3 is 4.42 Å². The number of rotatable bonds is 1. The van der Waals surface area contributed by atoms with Crippen molar-refractivity contribution in [3.63, 3.8) is 0 Å². The van der Waals surface area contributed by atoms with E-state index in [4.69, 9.17) is 4.42 Å². The molecule has 0 aliphatic rings. The van der Waals surface area contributed by atoms with Gasteiger partial charge in [0.1, 0.15) is 5.76 Å².